The highest BCUT2D eigenvalue weighted by Crippen LogP contribution is 2.12. The zero-order valence-electron chi connectivity index (χ0n) is 10.9. The Kier molecular flexibility index (Phi) is 6.55. The molecular formula is C12H19N3O2. The fraction of sp³-hybridized carbons (Fsp3) is 0.417. The lowest BCUT2D eigenvalue weighted by Crippen LogP contribution is -2.04. The van der Waals surface area contributed by atoms with Crippen LogP contribution in [0.15, 0.2) is 17.1 Å². The highest BCUT2D eigenvalue weighted by Gasteiger charge is 2.12. The summed E-state index contributed by atoms with van der Waals surface area (Å²) in [5.41, 5.74) is 1.58. The molecule has 0 radical (unpaired) electrons. The van der Waals surface area contributed by atoms with Gasteiger partial charge in [-0.25, -0.2) is 4.79 Å². The number of carboxylic acids is 1. The molecule has 1 N–H and O–H groups in total. The summed E-state index contributed by atoms with van der Waals surface area (Å²) in [5.74, 6) is -0.986. The number of rotatable bonds is 3. The Bertz CT molecular complexity index is 431. The van der Waals surface area contributed by atoms with Crippen LogP contribution in [0.3, 0.4) is 0 Å². The normalized spacial score (nSPS) is 11.2. The number of allylic oxidation sites excluding steroid dienone is 2. The zero-order chi connectivity index (χ0) is 13.4. The second-order valence-corrected chi connectivity index (χ2v) is 2.97. The van der Waals surface area contributed by atoms with Crippen LogP contribution in [0.2, 0.25) is 0 Å². The molecule has 0 aliphatic rings. The van der Waals surface area contributed by atoms with Crippen molar-refractivity contribution in [2.24, 2.45) is 12.0 Å². The van der Waals surface area contributed by atoms with E-state index < -0.39 is 5.97 Å². The number of aryl methyl sites for hydroxylation is 1. The van der Waals surface area contributed by atoms with Gasteiger partial charge >= 0.3 is 5.97 Å². The Morgan fingerprint density at radius 1 is 1.53 bits per heavy atom. The molecule has 1 aromatic heterocycles. The minimum Gasteiger partial charge on any atom is -0.477 e. The van der Waals surface area contributed by atoms with Crippen molar-refractivity contribution < 1.29 is 9.90 Å². The molecule has 0 fully saturated rings. The van der Waals surface area contributed by atoms with Crippen LogP contribution in [0.5, 0.6) is 0 Å². The van der Waals surface area contributed by atoms with E-state index in [-0.39, 0.29) is 5.69 Å². The van der Waals surface area contributed by atoms with E-state index in [4.69, 9.17) is 5.11 Å². The maximum Gasteiger partial charge on any atom is 0.354 e. The van der Waals surface area contributed by atoms with Gasteiger partial charge in [-0.15, -0.1) is 0 Å². The number of aromatic nitrogens is 2. The first-order chi connectivity index (χ1) is 8.10. The first-order valence-corrected chi connectivity index (χ1v) is 5.46. The van der Waals surface area contributed by atoms with Crippen LogP contribution in [0.25, 0.3) is 5.57 Å². The number of hydrogen-bond donors (Lipinski definition) is 1. The minimum absolute atomic E-state index is 0.161. The van der Waals surface area contributed by atoms with Crippen LogP contribution in [0.4, 0.5) is 0 Å². The molecule has 1 aromatic rings. The molecule has 5 nitrogen and oxygen atoms in total. The minimum atomic E-state index is -0.986. The van der Waals surface area contributed by atoms with E-state index in [2.05, 4.69) is 10.1 Å². The summed E-state index contributed by atoms with van der Waals surface area (Å²) < 4.78 is 1.34. The number of carboxylic acid groups (broad SMARTS) is 1. The highest BCUT2D eigenvalue weighted by molar-refractivity contribution is 6.09. The van der Waals surface area contributed by atoms with E-state index in [0.717, 1.165) is 5.57 Å². The highest BCUT2D eigenvalue weighted by atomic mass is 16.4. The summed E-state index contributed by atoms with van der Waals surface area (Å²) in [4.78, 5) is 14.7. The number of nitrogens with zero attached hydrogens (tertiary/aromatic N) is 3. The molecule has 0 aliphatic heterocycles. The lowest BCUT2D eigenvalue weighted by atomic mass is 10.2. The third-order valence-electron chi connectivity index (χ3n) is 1.97. The lowest BCUT2D eigenvalue weighted by Gasteiger charge is -1.93. The van der Waals surface area contributed by atoms with Crippen molar-refractivity contribution in [2.45, 2.75) is 20.8 Å². The Balaban J connectivity index is 0.00000121. The predicted molar refractivity (Wildman–Crippen MR) is 69.6 cm³/mol. The second-order valence-electron chi connectivity index (χ2n) is 2.97. The van der Waals surface area contributed by atoms with Crippen LogP contribution in [-0.2, 0) is 7.05 Å². The van der Waals surface area contributed by atoms with Gasteiger partial charge in [0.1, 0.15) is 5.69 Å². The molecule has 0 bridgehead atoms. The molecule has 0 saturated carbocycles. The van der Waals surface area contributed by atoms with Crippen molar-refractivity contribution in [3.8, 4) is 0 Å². The van der Waals surface area contributed by atoms with E-state index in [0.29, 0.717) is 5.69 Å². The average molecular weight is 237 g/mol. The van der Waals surface area contributed by atoms with Crippen LogP contribution in [0, 0.1) is 0 Å². The number of carbonyl (C=O) groups is 1. The largest absolute Gasteiger partial charge is 0.477 e. The average Bonchev–Trinajstić information content (AvgIpc) is 2.71. The Labute approximate surface area is 101 Å². The van der Waals surface area contributed by atoms with Gasteiger partial charge in [0.15, 0.2) is 0 Å². The van der Waals surface area contributed by atoms with Gasteiger partial charge in [0.05, 0.1) is 5.69 Å². The summed E-state index contributed by atoms with van der Waals surface area (Å²) in [6, 6.07) is 1.53. The fourth-order valence-corrected chi connectivity index (χ4v) is 1.24. The van der Waals surface area contributed by atoms with Crippen molar-refractivity contribution >= 4 is 17.8 Å². The molecule has 0 aromatic carbocycles. The third kappa shape index (κ3) is 3.86. The quantitative estimate of drug-likeness (QED) is 0.820. The molecular weight excluding hydrogens is 218 g/mol. The lowest BCUT2D eigenvalue weighted by molar-refractivity contribution is 0.0685. The standard InChI is InChI=1S/C10H13N3O2.C2H6/c1-4-7(6-11-2)8-5-9(10(14)15)13(3)12-8;1-2/h4-6H,1-3H3,(H,14,15);1-2H3/b7-4+,11-6?;. The van der Waals surface area contributed by atoms with Crippen LogP contribution in [-0.4, -0.2) is 34.1 Å². The van der Waals surface area contributed by atoms with E-state index in [9.17, 15) is 4.79 Å². The zero-order valence-corrected chi connectivity index (χ0v) is 10.9. The van der Waals surface area contributed by atoms with Gasteiger partial charge in [-0.1, -0.05) is 19.9 Å². The Morgan fingerprint density at radius 2 is 2.12 bits per heavy atom. The van der Waals surface area contributed by atoms with Gasteiger partial charge in [-0.05, 0) is 13.0 Å². The van der Waals surface area contributed by atoms with Crippen molar-refractivity contribution in [1.82, 2.24) is 9.78 Å². The molecule has 1 rings (SSSR count). The van der Waals surface area contributed by atoms with E-state index >= 15 is 0 Å². The molecule has 5 heteroatoms. The maximum atomic E-state index is 10.8. The predicted octanol–water partition coefficient (Wildman–Crippen LogP) is 2.25. The van der Waals surface area contributed by atoms with Crippen molar-refractivity contribution in [1.29, 1.82) is 0 Å². The van der Waals surface area contributed by atoms with E-state index in [1.54, 1.807) is 20.3 Å². The van der Waals surface area contributed by atoms with Gasteiger partial charge in [0.25, 0.3) is 0 Å². The van der Waals surface area contributed by atoms with Gasteiger partial charge in [0, 0.05) is 25.9 Å². The fourth-order valence-electron chi connectivity index (χ4n) is 1.24. The second kappa shape index (κ2) is 7.38. The summed E-state index contributed by atoms with van der Waals surface area (Å²) in [6.07, 6.45) is 3.48. The van der Waals surface area contributed by atoms with Crippen molar-refractivity contribution in [2.75, 3.05) is 7.05 Å². The Morgan fingerprint density at radius 3 is 2.47 bits per heavy atom. The van der Waals surface area contributed by atoms with Gasteiger partial charge < -0.3 is 5.11 Å². The third-order valence-corrected chi connectivity index (χ3v) is 1.97. The molecule has 94 valence electrons. The van der Waals surface area contributed by atoms with Crippen LogP contribution in [0.1, 0.15) is 37.0 Å². The maximum absolute atomic E-state index is 10.8. The summed E-state index contributed by atoms with van der Waals surface area (Å²) in [6.45, 7) is 5.85. The molecule has 0 aliphatic carbocycles. The van der Waals surface area contributed by atoms with Gasteiger partial charge in [0.2, 0.25) is 0 Å². The van der Waals surface area contributed by atoms with Gasteiger partial charge in [-0.2, -0.15) is 5.10 Å². The molecule has 0 amide bonds. The first-order valence-electron chi connectivity index (χ1n) is 5.46. The SMILES string of the molecule is C/C=C(\C=NC)c1cc(C(=O)O)n(C)n1.CC. The van der Waals surface area contributed by atoms with Crippen LogP contribution < -0.4 is 0 Å². The Hall–Kier alpha value is -1.91. The van der Waals surface area contributed by atoms with Gasteiger partial charge in [-0.3, -0.25) is 9.67 Å². The summed E-state index contributed by atoms with van der Waals surface area (Å²) in [7, 11) is 3.26. The van der Waals surface area contributed by atoms with Crippen molar-refractivity contribution in [3.05, 3.63) is 23.5 Å². The molecule has 17 heavy (non-hydrogen) atoms. The first kappa shape index (κ1) is 15.1. The van der Waals surface area contributed by atoms with E-state index in [1.165, 1.54) is 10.7 Å². The molecule has 0 spiro atoms. The number of aliphatic imine (C=N–C) groups is 1. The topological polar surface area (TPSA) is 67.5 Å². The summed E-state index contributed by atoms with van der Waals surface area (Å²) in [5, 5.41) is 12.9. The van der Waals surface area contributed by atoms with Crippen molar-refractivity contribution in [3.63, 3.8) is 0 Å². The molecule has 0 saturated heterocycles. The van der Waals surface area contributed by atoms with Crippen LogP contribution >= 0.6 is 0 Å². The molecule has 0 unspecified atom stereocenters. The molecule has 1 heterocycles. The number of aromatic carboxylic acids is 1. The molecule has 0 atom stereocenters. The smallest absolute Gasteiger partial charge is 0.354 e. The monoisotopic (exact) mass is 237 g/mol. The summed E-state index contributed by atoms with van der Waals surface area (Å²) >= 11 is 0. The number of hydrogen-bond acceptors (Lipinski definition) is 3. The van der Waals surface area contributed by atoms with E-state index in [1.807, 2.05) is 26.8 Å².